The molecule has 1 atom stereocenters. The third-order valence-electron chi connectivity index (χ3n) is 1.60. The minimum atomic E-state index is -1.54. The third kappa shape index (κ3) is 2.23. The second-order valence-corrected chi connectivity index (χ2v) is 3.70. The zero-order valence-corrected chi connectivity index (χ0v) is 8.26. The smallest absolute Gasteiger partial charge is 0.189 e. The minimum Gasteiger partial charge on any atom is -0.294 e. The van der Waals surface area contributed by atoms with Gasteiger partial charge >= 0.3 is 0 Å². The van der Waals surface area contributed by atoms with Crippen molar-refractivity contribution in [3.63, 3.8) is 0 Å². The van der Waals surface area contributed by atoms with Crippen molar-refractivity contribution < 1.29 is 13.2 Å². The zero-order chi connectivity index (χ0) is 9.84. The van der Waals surface area contributed by atoms with Gasteiger partial charge in [-0.25, -0.2) is 4.21 Å². The Morgan fingerprint density at radius 1 is 1.38 bits per heavy atom. The molecule has 1 aromatic rings. The van der Waals surface area contributed by atoms with Gasteiger partial charge in [-0.3, -0.25) is 8.98 Å². The molecule has 0 radical (unpaired) electrons. The Kier molecular flexibility index (Phi) is 3.33. The molecule has 0 heterocycles. The van der Waals surface area contributed by atoms with E-state index in [-0.39, 0.29) is 5.78 Å². The number of carbonyl (C=O) groups excluding carboxylic acids is 1. The van der Waals surface area contributed by atoms with Crippen molar-refractivity contribution in [1.82, 2.24) is 0 Å². The first-order chi connectivity index (χ1) is 6.16. The molecule has 1 aromatic carbocycles. The van der Waals surface area contributed by atoms with E-state index < -0.39 is 11.1 Å². The third-order valence-corrected chi connectivity index (χ3v) is 2.62. The largest absolute Gasteiger partial charge is 0.294 e. The van der Waals surface area contributed by atoms with Crippen LogP contribution in [0.15, 0.2) is 29.2 Å². The fourth-order valence-corrected chi connectivity index (χ4v) is 1.75. The predicted octanol–water partition coefficient (Wildman–Crippen LogP) is 1.56. The quantitative estimate of drug-likeness (QED) is 0.692. The Labute approximate surface area is 79.4 Å². The summed E-state index contributed by atoms with van der Waals surface area (Å²) in [6.45, 7) is 1.44. The highest BCUT2D eigenvalue weighted by molar-refractivity contribution is 7.80. The molecule has 13 heavy (non-hydrogen) atoms. The monoisotopic (exact) mass is 198 g/mol. The van der Waals surface area contributed by atoms with Crippen molar-refractivity contribution in [3.05, 3.63) is 29.8 Å². The van der Waals surface area contributed by atoms with Crippen LogP contribution in [-0.2, 0) is 15.3 Å². The average molecular weight is 198 g/mol. The summed E-state index contributed by atoms with van der Waals surface area (Å²) in [5.74, 6) is -0.110. The van der Waals surface area contributed by atoms with Gasteiger partial charge in [0, 0.05) is 5.56 Å². The van der Waals surface area contributed by atoms with E-state index in [1.54, 1.807) is 24.3 Å². The normalized spacial score (nSPS) is 12.5. The molecule has 0 fully saturated rings. The maximum atomic E-state index is 11.3. The van der Waals surface area contributed by atoms with Gasteiger partial charge in [0.15, 0.2) is 16.9 Å². The highest BCUT2D eigenvalue weighted by Crippen LogP contribution is 2.14. The van der Waals surface area contributed by atoms with E-state index in [1.807, 2.05) is 0 Å². The lowest BCUT2D eigenvalue weighted by atomic mass is 10.1. The second kappa shape index (κ2) is 4.30. The topological polar surface area (TPSA) is 43.4 Å². The molecule has 3 nitrogen and oxygen atoms in total. The summed E-state index contributed by atoms with van der Waals surface area (Å²) in [7, 11) is 1.34. The Balaban J connectivity index is 3.19. The summed E-state index contributed by atoms with van der Waals surface area (Å²) in [5.41, 5.74) is 0.447. The van der Waals surface area contributed by atoms with E-state index in [4.69, 9.17) is 0 Å². The molecule has 0 aliphatic rings. The summed E-state index contributed by atoms with van der Waals surface area (Å²) in [6, 6.07) is 6.71. The van der Waals surface area contributed by atoms with Gasteiger partial charge in [0.2, 0.25) is 0 Å². The summed E-state index contributed by atoms with van der Waals surface area (Å²) in [5, 5.41) is 0. The number of Topliss-reactive ketones (excluding diaryl/α,β-unsaturated/α-hetero) is 1. The summed E-state index contributed by atoms with van der Waals surface area (Å²) >= 11 is -1.54. The molecular weight excluding hydrogens is 188 g/mol. The molecule has 70 valence electrons. The molecular formula is C9H10O3S. The van der Waals surface area contributed by atoms with Gasteiger partial charge < -0.3 is 0 Å². The number of benzene rings is 1. The first-order valence-corrected chi connectivity index (χ1v) is 4.80. The van der Waals surface area contributed by atoms with Crippen molar-refractivity contribution in [2.75, 3.05) is 7.11 Å². The molecule has 1 unspecified atom stereocenters. The van der Waals surface area contributed by atoms with Crippen molar-refractivity contribution in [1.29, 1.82) is 0 Å². The molecule has 0 N–H and O–H groups in total. The number of rotatable bonds is 3. The molecule has 0 amide bonds. The van der Waals surface area contributed by atoms with E-state index in [0.717, 1.165) is 0 Å². The standard InChI is InChI=1S/C9H10O3S/c1-7(10)8-5-3-4-6-9(8)13(11)12-2/h3-6H,1-2H3. The Bertz CT molecular complexity index is 346. The fourth-order valence-electron chi connectivity index (χ4n) is 0.993. The van der Waals surface area contributed by atoms with Crippen LogP contribution in [0.1, 0.15) is 17.3 Å². The average Bonchev–Trinajstić information content (AvgIpc) is 2.16. The van der Waals surface area contributed by atoms with Crippen LogP contribution in [0.2, 0.25) is 0 Å². The molecule has 4 heteroatoms. The number of carbonyl (C=O) groups is 1. The maximum absolute atomic E-state index is 11.3. The van der Waals surface area contributed by atoms with Crippen LogP contribution >= 0.6 is 0 Å². The molecule has 0 saturated heterocycles. The zero-order valence-electron chi connectivity index (χ0n) is 7.44. The Hall–Kier alpha value is -1.00. The van der Waals surface area contributed by atoms with Crippen LogP contribution in [0.3, 0.4) is 0 Å². The van der Waals surface area contributed by atoms with Crippen LogP contribution in [0.4, 0.5) is 0 Å². The predicted molar refractivity (Wildman–Crippen MR) is 49.9 cm³/mol. The van der Waals surface area contributed by atoms with Crippen LogP contribution in [0, 0.1) is 0 Å². The Morgan fingerprint density at radius 2 is 2.00 bits per heavy atom. The molecule has 0 aliphatic heterocycles. The van der Waals surface area contributed by atoms with Gasteiger partial charge in [0.25, 0.3) is 0 Å². The van der Waals surface area contributed by atoms with E-state index in [1.165, 1.54) is 14.0 Å². The molecule has 0 saturated carbocycles. The molecule has 0 aromatic heterocycles. The van der Waals surface area contributed by atoms with Crippen LogP contribution in [0.25, 0.3) is 0 Å². The van der Waals surface area contributed by atoms with Crippen molar-refractivity contribution >= 4 is 16.9 Å². The highest BCUT2D eigenvalue weighted by Gasteiger charge is 2.11. The molecule has 1 rings (SSSR count). The van der Waals surface area contributed by atoms with Gasteiger partial charge in [0.05, 0.1) is 12.0 Å². The summed E-state index contributed by atoms with van der Waals surface area (Å²) in [6.07, 6.45) is 0. The maximum Gasteiger partial charge on any atom is 0.189 e. The van der Waals surface area contributed by atoms with E-state index in [0.29, 0.717) is 10.5 Å². The van der Waals surface area contributed by atoms with Gasteiger partial charge in [-0.05, 0) is 13.0 Å². The van der Waals surface area contributed by atoms with Gasteiger partial charge in [-0.15, -0.1) is 0 Å². The van der Waals surface area contributed by atoms with Crippen LogP contribution < -0.4 is 0 Å². The number of hydrogen-bond donors (Lipinski definition) is 0. The van der Waals surface area contributed by atoms with Crippen molar-refractivity contribution in [2.24, 2.45) is 0 Å². The van der Waals surface area contributed by atoms with Gasteiger partial charge in [-0.2, -0.15) is 0 Å². The van der Waals surface area contributed by atoms with Gasteiger partial charge in [-0.1, -0.05) is 18.2 Å². The minimum absolute atomic E-state index is 0.110. The van der Waals surface area contributed by atoms with Crippen molar-refractivity contribution in [3.8, 4) is 0 Å². The summed E-state index contributed by atoms with van der Waals surface area (Å²) in [4.78, 5) is 11.5. The summed E-state index contributed by atoms with van der Waals surface area (Å²) < 4.78 is 15.9. The fraction of sp³-hybridized carbons (Fsp3) is 0.222. The van der Waals surface area contributed by atoms with E-state index in [2.05, 4.69) is 4.18 Å². The SMILES string of the molecule is COS(=O)c1ccccc1C(C)=O. The molecule has 0 spiro atoms. The van der Waals surface area contributed by atoms with Crippen LogP contribution in [-0.4, -0.2) is 17.1 Å². The van der Waals surface area contributed by atoms with Gasteiger partial charge in [0.1, 0.15) is 0 Å². The lowest BCUT2D eigenvalue weighted by Crippen LogP contribution is -2.02. The first kappa shape index (κ1) is 10.1. The van der Waals surface area contributed by atoms with Crippen LogP contribution in [0.5, 0.6) is 0 Å². The number of hydrogen-bond acceptors (Lipinski definition) is 3. The number of ketones is 1. The molecule has 0 bridgehead atoms. The highest BCUT2D eigenvalue weighted by atomic mass is 32.2. The van der Waals surface area contributed by atoms with Crippen molar-refractivity contribution in [2.45, 2.75) is 11.8 Å². The lowest BCUT2D eigenvalue weighted by molar-refractivity contribution is 0.101. The second-order valence-electron chi connectivity index (χ2n) is 2.45. The molecule has 0 aliphatic carbocycles. The Morgan fingerprint density at radius 3 is 2.54 bits per heavy atom. The lowest BCUT2D eigenvalue weighted by Gasteiger charge is -2.03. The first-order valence-electron chi connectivity index (χ1n) is 3.73. The van der Waals surface area contributed by atoms with E-state index in [9.17, 15) is 9.00 Å². The van der Waals surface area contributed by atoms with E-state index >= 15 is 0 Å².